The lowest BCUT2D eigenvalue weighted by Crippen LogP contribution is -2.19. The van der Waals surface area contributed by atoms with Crippen molar-refractivity contribution in [3.63, 3.8) is 0 Å². The molecule has 0 amide bonds. The molecule has 0 heterocycles. The molecule has 1 unspecified atom stereocenters. The Kier molecular flexibility index (Phi) is 6.11. The summed E-state index contributed by atoms with van der Waals surface area (Å²) in [7, 11) is 1.99. The van der Waals surface area contributed by atoms with E-state index in [1.54, 1.807) is 0 Å². The molecule has 0 aliphatic heterocycles. The zero-order valence-electron chi connectivity index (χ0n) is 11.0. The highest BCUT2D eigenvalue weighted by Crippen LogP contribution is 2.35. The van der Waals surface area contributed by atoms with Gasteiger partial charge in [0, 0.05) is 17.0 Å². The number of rotatable bonds is 3. The molecule has 0 aliphatic rings. The van der Waals surface area contributed by atoms with Crippen molar-refractivity contribution >= 4 is 70.4 Å². The molecule has 2 aromatic carbocycles. The van der Waals surface area contributed by atoms with E-state index in [2.05, 4.69) is 113 Å². The van der Waals surface area contributed by atoms with Crippen LogP contribution in [0, 0.1) is 10.5 Å². The summed E-state index contributed by atoms with van der Waals surface area (Å²) in [5.74, 6) is 0. The average Bonchev–Trinajstić information content (AvgIpc) is 2.40. The van der Waals surface area contributed by atoms with Crippen LogP contribution >= 0.6 is 70.4 Å². The van der Waals surface area contributed by atoms with Crippen LogP contribution in [0.4, 0.5) is 0 Å². The highest BCUT2D eigenvalue weighted by Gasteiger charge is 2.19. The summed E-state index contributed by atoms with van der Waals surface area (Å²) < 4.78 is 4.58. The second kappa shape index (κ2) is 7.22. The van der Waals surface area contributed by atoms with Crippen molar-refractivity contribution in [1.29, 1.82) is 0 Å². The number of aryl methyl sites for hydroxylation is 1. The molecule has 2 aromatic rings. The van der Waals surface area contributed by atoms with Crippen LogP contribution in [0.2, 0.25) is 0 Å². The van der Waals surface area contributed by atoms with Crippen molar-refractivity contribution in [2.75, 3.05) is 7.05 Å². The summed E-state index contributed by atoms with van der Waals surface area (Å²) in [5.41, 5.74) is 3.71. The van der Waals surface area contributed by atoms with Crippen molar-refractivity contribution in [2.45, 2.75) is 13.0 Å². The van der Waals surface area contributed by atoms with Gasteiger partial charge in [-0.25, -0.2) is 0 Å². The first kappa shape index (κ1) is 16.9. The minimum atomic E-state index is 0.144. The number of hydrogen-bond acceptors (Lipinski definition) is 1. The zero-order chi connectivity index (χ0) is 14.9. The lowest BCUT2D eigenvalue weighted by atomic mass is 9.98. The van der Waals surface area contributed by atoms with Crippen LogP contribution in [0.1, 0.15) is 22.7 Å². The highest BCUT2D eigenvalue weighted by molar-refractivity contribution is 14.1. The van der Waals surface area contributed by atoms with E-state index in [1.165, 1.54) is 20.3 Å². The van der Waals surface area contributed by atoms with Gasteiger partial charge in [-0.1, -0.05) is 47.8 Å². The van der Waals surface area contributed by atoms with E-state index in [-0.39, 0.29) is 6.04 Å². The van der Waals surface area contributed by atoms with E-state index in [1.807, 2.05) is 7.05 Å². The quantitative estimate of drug-likeness (QED) is 0.432. The first-order valence-electron chi connectivity index (χ1n) is 6.01. The topological polar surface area (TPSA) is 12.0 Å². The lowest BCUT2D eigenvalue weighted by Gasteiger charge is -2.21. The summed E-state index contributed by atoms with van der Waals surface area (Å²) in [5, 5.41) is 3.41. The summed E-state index contributed by atoms with van der Waals surface area (Å²) in [4.78, 5) is 0. The molecule has 5 heteroatoms. The smallest absolute Gasteiger partial charge is 0.0596 e. The Labute approximate surface area is 158 Å². The van der Waals surface area contributed by atoms with Gasteiger partial charge in [0.25, 0.3) is 0 Å². The summed E-state index contributed by atoms with van der Waals surface area (Å²) in [6.45, 7) is 2.09. The van der Waals surface area contributed by atoms with Gasteiger partial charge in [-0.15, -0.1) is 0 Å². The normalized spacial score (nSPS) is 12.5. The predicted molar refractivity (Wildman–Crippen MR) is 104 cm³/mol. The minimum Gasteiger partial charge on any atom is -0.309 e. The van der Waals surface area contributed by atoms with Crippen molar-refractivity contribution in [3.8, 4) is 0 Å². The van der Waals surface area contributed by atoms with Gasteiger partial charge in [-0.3, -0.25) is 0 Å². The summed E-state index contributed by atoms with van der Waals surface area (Å²) >= 11 is 13.3. The fourth-order valence-electron chi connectivity index (χ4n) is 2.10. The predicted octanol–water partition coefficient (Wildman–Crippen LogP) is 6.20. The van der Waals surface area contributed by atoms with Crippen LogP contribution in [0.3, 0.4) is 0 Å². The van der Waals surface area contributed by atoms with E-state index in [4.69, 9.17) is 0 Å². The monoisotopic (exact) mass is 571 g/mol. The maximum atomic E-state index is 3.69. The van der Waals surface area contributed by atoms with Crippen LogP contribution < -0.4 is 5.32 Å². The maximum Gasteiger partial charge on any atom is 0.0596 e. The van der Waals surface area contributed by atoms with E-state index in [9.17, 15) is 0 Å². The molecule has 1 nitrogen and oxygen atoms in total. The van der Waals surface area contributed by atoms with Crippen LogP contribution in [-0.2, 0) is 0 Å². The van der Waals surface area contributed by atoms with Crippen molar-refractivity contribution in [3.05, 3.63) is 64.0 Å². The maximum absolute atomic E-state index is 3.69. The van der Waals surface area contributed by atoms with Crippen molar-refractivity contribution in [1.82, 2.24) is 5.32 Å². The molecule has 106 valence electrons. The van der Waals surface area contributed by atoms with Gasteiger partial charge in [0.15, 0.2) is 0 Å². The summed E-state index contributed by atoms with van der Waals surface area (Å²) in [6, 6.07) is 10.8. The third-order valence-corrected chi connectivity index (χ3v) is 6.16. The molecule has 0 aliphatic carbocycles. The molecule has 0 saturated heterocycles. The molecule has 2 rings (SSSR count). The van der Waals surface area contributed by atoms with Gasteiger partial charge in [0.1, 0.15) is 0 Å². The van der Waals surface area contributed by atoms with Gasteiger partial charge in [-0.2, -0.15) is 0 Å². The van der Waals surface area contributed by atoms with Crippen molar-refractivity contribution < 1.29 is 0 Å². The molecule has 0 saturated carbocycles. The number of hydrogen-bond donors (Lipinski definition) is 1. The number of nitrogens with one attached hydrogen (secondary N) is 1. The van der Waals surface area contributed by atoms with Crippen molar-refractivity contribution in [2.24, 2.45) is 0 Å². The fourth-order valence-corrected chi connectivity index (χ4v) is 4.17. The van der Waals surface area contributed by atoms with Gasteiger partial charge in [0.05, 0.1) is 6.04 Å². The van der Waals surface area contributed by atoms with Gasteiger partial charge >= 0.3 is 0 Å². The highest BCUT2D eigenvalue weighted by atomic mass is 127. The van der Waals surface area contributed by atoms with Crippen LogP contribution in [-0.4, -0.2) is 7.05 Å². The molecular formula is C15H13Br3IN. The Morgan fingerprint density at radius 1 is 1.00 bits per heavy atom. The molecule has 0 bridgehead atoms. The first-order chi connectivity index (χ1) is 9.43. The average molecular weight is 574 g/mol. The van der Waals surface area contributed by atoms with Crippen LogP contribution in [0.25, 0.3) is 0 Å². The first-order valence-corrected chi connectivity index (χ1v) is 9.47. The summed E-state index contributed by atoms with van der Waals surface area (Å²) in [6.07, 6.45) is 0. The lowest BCUT2D eigenvalue weighted by molar-refractivity contribution is 0.684. The molecule has 1 atom stereocenters. The fraction of sp³-hybridized carbons (Fsp3) is 0.200. The standard InChI is InChI=1S/C15H13Br3IN/c1-8-5-13(18)10(7-12(8)17)15(20-2)11-6-9(16)3-4-14(11)19/h3-7,15,20H,1-2H3. The zero-order valence-corrected chi connectivity index (χ0v) is 17.9. The molecule has 0 aromatic heterocycles. The SMILES string of the molecule is CNC(c1cc(Br)c(C)cc1Br)c1cc(Br)ccc1I. The number of halogens is 4. The molecule has 1 N–H and O–H groups in total. The van der Waals surface area contributed by atoms with Crippen LogP contribution in [0.15, 0.2) is 43.7 Å². The third kappa shape index (κ3) is 3.66. The van der Waals surface area contributed by atoms with Gasteiger partial charge in [-0.05, 0) is 83.6 Å². The Morgan fingerprint density at radius 2 is 1.70 bits per heavy atom. The molecule has 0 radical (unpaired) electrons. The van der Waals surface area contributed by atoms with E-state index in [0.29, 0.717) is 0 Å². The molecule has 20 heavy (non-hydrogen) atoms. The molecule has 0 fully saturated rings. The molecular weight excluding hydrogens is 561 g/mol. The minimum absolute atomic E-state index is 0.144. The Hall–Kier alpha value is 0.570. The van der Waals surface area contributed by atoms with E-state index < -0.39 is 0 Å². The Morgan fingerprint density at radius 3 is 2.35 bits per heavy atom. The van der Waals surface area contributed by atoms with E-state index in [0.717, 1.165) is 13.4 Å². The van der Waals surface area contributed by atoms with Crippen LogP contribution in [0.5, 0.6) is 0 Å². The largest absolute Gasteiger partial charge is 0.309 e. The van der Waals surface area contributed by atoms with Gasteiger partial charge in [0.2, 0.25) is 0 Å². The molecule has 0 spiro atoms. The van der Waals surface area contributed by atoms with Gasteiger partial charge < -0.3 is 5.32 Å². The third-order valence-electron chi connectivity index (χ3n) is 3.15. The number of benzene rings is 2. The Bertz CT molecular complexity index is 643. The van der Waals surface area contributed by atoms with E-state index >= 15 is 0 Å². The second-order valence-corrected chi connectivity index (χ2v) is 8.30. The second-order valence-electron chi connectivity index (χ2n) is 4.51. The Balaban J connectivity index is 2.58.